The zero-order valence-corrected chi connectivity index (χ0v) is 16.8. The molecule has 3 rings (SSSR count). The van der Waals surface area contributed by atoms with Crippen LogP contribution >= 0.6 is 0 Å². The van der Waals surface area contributed by atoms with E-state index in [0.29, 0.717) is 12.1 Å². The van der Waals surface area contributed by atoms with Gasteiger partial charge in [0.25, 0.3) is 0 Å². The van der Waals surface area contributed by atoms with E-state index in [1.54, 1.807) is 4.68 Å². The fourth-order valence-corrected chi connectivity index (χ4v) is 3.73. The van der Waals surface area contributed by atoms with Crippen LogP contribution in [0.1, 0.15) is 48.7 Å². The van der Waals surface area contributed by atoms with Gasteiger partial charge in [0.05, 0.1) is 16.9 Å². The molecule has 5 nitrogen and oxygen atoms in total. The average Bonchev–Trinajstić information content (AvgIpc) is 3.17. The molecule has 0 spiro atoms. The Morgan fingerprint density at radius 2 is 1.83 bits per heavy atom. The molecule has 2 aromatic rings. The normalized spacial score (nSPS) is 19.0. The maximum absolute atomic E-state index is 12.8. The van der Waals surface area contributed by atoms with Crippen LogP contribution in [0.5, 0.6) is 0 Å². The van der Waals surface area contributed by atoms with Crippen molar-refractivity contribution >= 4 is 6.03 Å². The third-order valence-corrected chi connectivity index (χ3v) is 4.98. The Hall–Kier alpha value is -2.77. The maximum atomic E-state index is 12.8. The zero-order chi connectivity index (χ0) is 21.3. The summed E-state index contributed by atoms with van der Waals surface area (Å²) in [6, 6.07) is 4.76. The van der Waals surface area contributed by atoms with Crippen molar-refractivity contribution < 1.29 is 18.0 Å². The predicted molar refractivity (Wildman–Crippen MR) is 105 cm³/mol. The van der Waals surface area contributed by atoms with Gasteiger partial charge in [0, 0.05) is 29.3 Å². The van der Waals surface area contributed by atoms with E-state index in [9.17, 15) is 18.0 Å². The summed E-state index contributed by atoms with van der Waals surface area (Å²) in [7, 11) is 0. The number of aromatic nitrogens is 2. The smallest absolute Gasteiger partial charge is 0.336 e. The molecule has 0 fully saturated rings. The highest BCUT2D eigenvalue weighted by molar-refractivity contribution is 5.74. The molecule has 156 valence electrons. The second-order valence-corrected chi connectivity index (χ2v) is 7.65. The van der Waals surface area contributed by atoms with Crippen LogP contribution in [-0.4, -0.2) is 27.9 Å². The molecule has 1 heterocycles. The summed E-state index contributed by atoms with van der Waals surface area (Å²) in [5, 5.41) is 10.3. The van der Waals surface area contributed by atoms with E-state index in [1.807, 2.05) is 33.8 Å². The summed E-state index contributed by atoms with van der Waals surface area (Å²) < 4.78 is 40.1. The Kier molecular flexibility index (Phi) is 5.73. The van der Waals surface area contributed by atoms with Crippen molar-refractivity contribution in [2.24, 2.45) is 0 Å². The number of aryl methyl sites for hydroxylation is 1. The number of hydrogen-bond donors (Lipinski definition) is 2. The number of urea groups is 1. The van der Waals surface area contributed by atoms with Gasteiger partial charge in [-0.15, -0.1) is 0 Å². The number of carbonyl (C=O) groups is 1. The van der Waals surface area contributed by atoms with Gasteiger partial charge in [0.2, 0.25) is 0 Å². The number of nitrogens with one attached hydrogen (secondary N) is 2. The molecule has 0 radical (unpaired) electrons. The van der Waals surface area contributed by atoms with Crippen LogP contribution in [0.2, 0.25) is 0 Å². The third kappa shape index (κ3) is 4.63. The molecule has 0 unspecified atom stereocenters. The molecule has 8 heteroatoms. The van der Waals surface area contributed by atoms with E-state index in [0.717, 1.165) is 29.1 Å². The molecule has 1 aromatic heterocycles. The van der Waals surface area contributed by atoms with Gasteiger partial charge in [0.15, 0.2) is 0 Å². The highest BCUT2D eigenvalue weighted by atomic mass is 19.4. The summed E-state index contributed by atoms with van der Waals surface area (Å²) >= 11 is 0. The SMILES string of the molecule is Cc1nn(-c2ccc(C(F)(F)F)cc2)c(C)c1[C@H]1C=C[C@@H](NC(=O)NC(C)C)C1. The first-order chi connectivity index (χ1) is 13.6. The van der Waals surface area contributed by atoms with Gasteiger partial charge >= 0.3 is 12.2 Å². The summed E-state index contributed by atoms with van der Waals surface area (Å²) in [4.78, 5) is 11.9. The molecule has 0 saturated heterocycles. The molecular weight excluding hydrogens is 381 g/mol. The van der Waals surface area contributed by atoms with Crippen molar-refractivity contribution in [2.75, 3.05) is 0 Å². The maximum Gasteiger partial charge on any atom is 0.416 e. The monoisotopic (exact) mass is 406 g/mol. The van der Waals surface area contributed by atoms with Crippen LogP contribution in [0.3, 0.4) is 0 Å². The zero-order valence-electron chi connectivity index (χ0n) is 16.8. The van der Waals surface area contributed by atoms with Crippen LogP contribution in [-0.2, 0) is 6.18 Å². The van der Waals surface area contributed by atoms with Gasteiger partial charge in [-0.1, -0.05) is 12.2 Å². The van der Waals surface area contributed by atoms with Gasteiger partial charge in [-0.2, -0.15) is 18.3 Å². The molecule has 29 heavy (non-hydrogen) atoms. The van der Waals surface area contributed by atoms with E-state index >= 15 is 0 Å². The lowest BCUT2D eigenvalue weighted by molar-refractivity contribution is -0.137. The molecule has 1 aliphatic carbocycles. The molecule has 1 aromatic carbocycles. The van der Waals surface area contributed by atoms with E-state index in [4.69, 9.17) is 0 Å². The van der Waals surface area contributed by atoms with Crippen LogP contribution in [0.25, 0.3) is 5.69 Å². The summed E-state index contributed by atoms with van der Waals surface area (Å²) in [6.07, 6.45) is 0.372. The fourth-order valence-electron chi connectivity index (χ4n) is 3.73. The van der Waals surface area contributed by atoms with Gasteiger partial charge < -0.3 is 10.6 Å². The molecule has 2 amide bonds. The fraction of sp³-hybridized carbons (Fsp3) is 0.429. The largest absolute Gasteiger partial charge is 0.416 e. The second kappa shape index (κ2) is 7.93. The number of benzene rings is 1. The van der Waals surface area contributed by atoms with Crippen LogP contribution < -0.4 is 10.6 Å². The summed E-state index contributed by atoms with van der Waals surface area (Å²) in [5.74, 6) is 0.0857. The summed E-state index contributed by atoms with van der Waals surface area (Å²) in [5.41, 5.74) is 2.64. The molecule has 2 atom stereocenters. The van der Waals surface area contributed by atoms with Crippen molar-refractivity contribution in [2.45, 2.75) is 58.3 Å². The van der Waals surface area contributed by atoms with Crippen LogP contribution in [0, 0.1) is 13.8 Å². The molecule has 2 N–H and O–H groups in total. The number of nitrogens with zero attached hydrogens (tertiary/aromatic N) is 2. The Bertz CT molecular complexity index is 913. The number of allylic oxidation sites excluding steroid dienone is 1. The Labute approximate surface area is 168 Å². The highest BCUT2D eigenvalue weighted by Gasteiger charge is 2.30. The Morgan fingerprint density at radius 3 is 2.41 bits per heavy atom. The minimum atomic E-state index is -4.36. The van der Waals surface area contributed by atoms with E-state index in [1.165, 1.54) is 12.1 Å². The number of alkyl halides is 3. The molecule has 0 bridgehead atoms. The Balaban J connectivity index is 1.77. The third-order valence-electron chi connectivity index (χ3n) is 4.98. The average molecular weight is 406 g/mol. The standard InChI is InChI=1S/C21H25F3N4O/c1-12(2)25-20(29)26-17-8-5-15(11-17)19-13(3)27-28(14(19)4)18-9-6-16(7-10-18)21(22,23)24/h5-10,12,15,17H,11H2,1-4H3,(H2,25,26,29)/t15-,17+/m0/s1. The number of rotatable bonds is 4. The van der Waals surface area contributed by atoms with Crippen molar-refractivity contribution in [3.8, 4) is 5.69 Å². The lowest BCUT2D eigenvalue weighted by atomic mass is 9.96. The first-order valence-corrected chi connectivity index (χ1v) is 9.55. The molecular formula is C21H25F3N4O. The van der Waals surface area contributed by atoms with Crippen molar-refractivity contribution in [3.05, 3.63) is 58.9 Å². The lowest BCUT2D eigenvalue weighted by Crippen LogP contribution is -2.43. The number of halogens is 3. The first kappa shape index (κ1) is 21.0. The quantitative estimate of drug-likeness (QED) is 0.728. The van der Waals surface area contributed by atoms with Gasteiger partial charge in [-0.3, -0.25) is 0 Å². The Morgan fingerprint density at radius 1 is 1.17 bits per heavy atom. The highest BCUT2D eigenvalue weighted by Crippen LogP contribution is 2.34. The van der Waals surface area contributed by atoms with E-state index in [-0.39, 0.29) is 24.0 Å². The summed E-state index contributed by atoms with van der Waals surface area (Å²) in [6.45, 7) is 7.60. The molecule has 0 aliphatic heterocycles. The number of hydrogen-bond acceptors (Lipinski definition) is 2. The van der Waals surface area contributed by atoms with Gasteiger partial charge in [-0.25, -0.2) is 9.48 Å². The lowest BCUT2D eigenvalue weighted by Gasteiger charge is -2.16. The number of carbonyl (C=O) groups excluding carboxylic acids is 1. The minimum Gasteiger partial charge on any atom is -0.336 e. The van der Waals surface area contributed by atoms with Crippen molar-refractivity contribution in [1.29, 1.82) is 0 Å². The van der Waals surface area contributed by atoms with E-state index in [2.05, 4.69) is 21.8 Å². The molecule has 0 saturated carbocycles. The van der Waals surface area contributed by atoms with Crippen molar-refractivity contribution in [1.82, 2.24) is 20.4 Å². The predicted octanol–water partition coefficient (Wildman–Crippen LogP) is 4.63. The first-order valence-electron chi connectivity index (χ1n) is 9.55. The van der Waals surface area contributed by atoms with Crippen molar-refractivity contribution in [3.63, 3.8) is 0 Å². The van der Waals surface area contributed by atoms with Crippen LogP contribution in [0.4, 0.5) is 18.0 Å². The van der Waals surface area contributed by atoms with Crippen LogP contribution in [0.15, 0.2) is 36.4 Å². The number of amides is 2. The second-order valence-electron chi connectivity index (χ2n) is 7.65. The van der Waals surface area contributed by atoms with Gasteiger partial charge in [-0.05, 0) is 58.4 Å². The molecule has 1 aliphatic rings. The van der Waals surface area contributed by atoms with Gasteiger partial charge in [0.1, 0.15) is 0 Å². The van der Waals surface area contributed by atoms with E-state index < -0.39 is 11.7 Å². The minimum absolute atomic E-state index is 0.0580. The topological polar surface area (TPSA) is 59.0 Å².